The van der Waals surface area contributed by atoms with Crippen molar-refractivity contribution in [2.75, 3.05) is 20.3 Å². The van der Waals surface area contributed by atoms with Crippen molar-refractivity contribution in [3.63, 3.8) is 0 Å². The molecule has 1 aliphatic heterocycles. The lowest BCUT2D eigenvalue weighted by Crippen LogP contribution is -2.53. The molecule has 3 rings (SSSR count). The third kappa shape index (κ3) is 3.48. The first-order valence-electron chi connectivity index (χ1n) is 8.23. The van der Waals surface area contributed by atoms with E-state index in [1.54, 1.807) is 18.4 Å². The van der Waals surface area contributed by atoms with Crippen LogP contribution in [0.3, 0.4) is 0 Å². The SMILES string of the molecule is CO[C@@]12CC[C@@H](OCC(=O)O)C[C@@H]1N(C(=O)Cc1ccsc1)CC2. The lowest BCUT2D eigenvalue weighted by atomic mass is 9.79. The Balaban J connectivity index is 1.69. The third-order valence-corrected chi connectivity index (χ3v) is 5.97. The van der Waals surface area contributed by atoms with Crippen molar-refractivity contribution in [1.82, 2.24) is 4.90 Å². The molecule has 3 atom stereocenters. The molecule has 2 heterocycles. The first kappa shape index (κ1) is 17.4. The second-order valence-electron chi connectivity index (χ2n) is 6.53. The number of thiophene rings is 1. The molecule has 1 saturated carbocycles. The van der Waals surface area contributed by atoms with Crippen LogP contribution in [0, 0.1) is 0 Å². The van der Waals surface area contributed by atoms with Gasteiger partial charge in [0.25, 0.3) is 0 Å². The Kier molecular flexibility index (Phi) is 5.22. The number of carbonyl (C=O) groups excluding carboxylic acids is 1. The number of methoxy groups -OCH3 is 1. The number of ether oxygens (including phenoxy) is 2. The first-order valence-corrected chi connectivity index (χ1v) is 9.17. The molecule has 1 amide bonds. The highest BCUT2D eigenvalue weighted by molar-refractivity contribution is 7.08. The Morgan fingerprint density at radius 2 is 2.29 bits per heavy atom. The van der Waals surface area contributed by atoms with Crippen LogP contribution >= 0.6 is 11.3 Å². The fraction of sp³-hybridized carbons (Fsp3) is 0.647. The van der Waals surface area contributed by atoms with Crippen LogP contribution in [0.1, 0.15) is 31.2 Å². The average Bonchev–Trinajstić information content (AvgIpc) is 3.20. The molecule has 7 heteroatoms. The maximum absolute atomic E-state index is 12.7. The fourth-order valence-electron chi connectivity index (χ4n) is 3.97. The minimum absolute atomic E-state index is 0.0406. The van der Waals surface area contributed by atoms with E-state index in [1.807, 2.05) is 21.7 Å². The van der Waals surface area contributed by atoms with Crippen molar-refractivity contribution in [2.24, 2.45) is 0 Å². The van der Waals surface area contributed by atoms with Crippen LogP contribution in [0.25, 0.3) is 0 Å². The van der Waals surface area contributed by atoms with Crippen LogP contribution < -0.4 is 0 Å². The van der Waals surface area contributed by atoms with Crippen LogP contribution in [0.5, 0.6) is 0 Å². The van der Waals surface area contributed by atoms with Gasteiger partial charge in [-0.3, -0.25) is 4.79 Å². The standard InChI is InChI=1S/C17H23NO5S/c1-22-17-4-2-13(23-10-16(20)21)9-14(17)18(6-5-17)15(19)8-12-3-7-24-11-12/h3,7,11,13-14H,2,4-6,8-10H2,1H3,(H,20,21)/t13-,14+,17-/m1/s1. The van der Waals surface area contributed by atoms with Gasteiger partial charge in [-0.05, 0) is 48.1 Å². The highest BCUT2D eigenvalue weighted by Crippen LogP contribution is 2.43. The predicted molar refractivity (Wildman–Crippen MR) is 89.1 cm³/mol. The van der Waals surface area contributed by atoms with Gasteiger partial charge in [-0.25, -0.2) is 4.79 Å². The number of rotatable bonds is 6. The molecule has 2 aliphatic rings. The molecule has 1 saturated heterocycles. The minimum atomic E-state index is -0.963. The summed E-state index contributed by atoms with van der Waals surface area (Å²) in [4.78, 5) is 25.4. The maximum Gasteiger partial charge on any atom is 0.329 e. The highest BCUT2D eigenvalue weighted by Gasteiger charge is 2.52. The van der Waals surface area contributed by atoms with Gasteiger partial charge in [0.2, 0.25) is 5.91 Å². The number of likely N-dealkylation sites (tertiary alicyclic amines) is 1. The van der Waals surface area contributed by atoms with E-state index in [2.05, 4.69) is 0 Å². The summed E-state index contributed by atoms with van der Waals surface area (Å²) in [6, 6.07) is 1.93. The van der Waals surface area contributed by atoms with E-state index in [0.717, 1.165) is 24.8 Å². The van der Waals surface area contributed by atoms with Gasteiger partial charge in [-0.1, -0.05) is 0 Å². The Morgan fingerprint density at radius 1 is 1.46 bits per heavy atom. The molecule has 1 aromatic rings. The van der Waals surface area contributed by atoms with Crippen molar-refractivity contribution in [3.8, 4) is 0 Å². The van der Waals surface area contributed by atoms with Gasteiger partial charge in [-0.2, -0.15) is 11.3 Å². The zero-order valence-corrected chi connectivity index (χ0v) is 14.6. The van der Waals surface area contributed by atoms with Crippen LogP contribution in [0.15, 0.2) is 16.8 Å². The van der Waals surface area contributed by atoms with Crippen molar-refractivity contribution < 1.29 is 24.2 Å². The summed E-state index contributed by atoms with van der Waals surface area (Å²) in [5, 5.41) is 12.8. The zero-order chi connectivity index (χ0) is 17.2. The summed E-state index contributed by atoms with van der Waals surface area (Å²) in [5.74, 6) is -0.855. The van der Waals surface area contributed by atoms with Crippen molar-refractivity contribution >= 4 is 23.2 Å². The van der Waals surface area contributed by atoms with Crippen LogP contribution in [0.2, 0.25) is 0 Å². The van der Waals surface area contributed by atoms with E-state index in [9.17, 15) is 9.59 Å². The van der Waals surface area contributed by atoms with Crippen LogP contribution in [-0.2, 0) is 25.5 Å². The normalized spacial score (nSPS) is 29.5. The summed E-state index contributed by atoms with van der Waals surface area (Å²) < 4.78 is 11.3. The van der Waals surface area contributed by atoms with E-state index in [-0.39, 0.29) is 30.3 Å². The summed E-state index contributed by atoms with van der Waals surface area (Å²) >= 11 is 1.59. The van der Waals surface area contributed by atoms with Gasteiger partial charge in [0.1, 0.15) is 6.61 Å². The number of carbonyl (C=O) groups is 2. The molecule has 1 aliphatic carbocycles. The first-order chi connectivity index (χ1) is 11.5. The molecule has 1 aromatic heterocycles. The van der Waals surface area contributed by atoms with E-state index < -0.39 is 5.97 Å². The summed E-state index contributed by atoms with van der Waals surface area (Å²) in [6.07, 6.45) is 3.29. The summed E-state index contributed by atoms with van der Waals surface area (Å²) in [6.45, 7) is 0.396. The molecule has 132 valence electrons. The number of fused-ring (bicyclic) bond motifs is 1. The maximum atomic E-state index is 12.7. The Labute approximate surface area is 145 Å². The van der Waals surface area contributed by atoms with E-state index >= 15 is 0 Å². The largest absolute Gasteiger partial charge is 0.480 e. The van der Waals surface area contributed by atoms with E-state index in [4.69, 9.17) is 14.6 Å². The molecule has 1 N–H and O–H groups in total. The lowest BCUT2D eigenvalue weighted by molar-refractivity contribution is -0.151. The molecular weight excluding hydrogens is 330 g/mol. The number of amides is 1. The molecule has 2 fully saturated rings. The number of aliphatic carboxylic acids is 1. The number of nitrogens with zero attached hydrogens (tertiary/aromatic N) is 1. The van der Waals surface area contributed by atoms with Gasteiger partial charge in [0.05, 0.1) is 24.2 Å². The van der Waals surface area contributed by atoms with Gasteiger partial charge < -0.3 is 19.5 Å². The molecule has 0 aromatic carbocycles. The van der Waals surface area contributed by atoms with Gasteiger partial charge in [0, 0.05) is 13.7 Å². The molecule has 6 nitrogen and oxygen atoms in total. The average molecular weight is 353 g/mol. The highest BCUT2D eigenvalue weighted by atomic mass is 32.1. The number of carboxylic acids is 1. The second kappa shape index (κ2) is 7.21. The zero-order valence-electron chi connectivity index (χ0n) is 13.8. The molecular formula is C17H23NO5S. The summed E-state index contributed by atoms with van der Waals surface area (Å²) in [7, 11) is 1.71. The van der Waals surface area contributed by atoms with Crippen LogP contribution in [-0.4, -0.2) is 59.9 Å². The predicted octanol–water partition coefficient (Wildman–Crippen LogP) is 1.93. The van der Waals surface area contributed by atoms with Crippen molar-refractivity contribution in [3.05, 3.63) is 22.4 Å². The number of hydrogen-bond donors (Lipinski definition) is 1. The van der Waals surface area contributed by atoms with E-state index in [1.165, 1.54) is 0 Å². The molecule has 0 bridgehead atoms. The van der Waals surface area contributed by atoms with Gasteiger partial charge >= 0.3 is 5.97 Å². The third-order valence-electron chi connectivity index (χ3n) is 5.24. The van der Waals surface area contributed by atoms with Gasteiger partial charge in [-0.15, -0.1) is 0 Å². The second-order valence-corrected chi connectivity index (χ2v) is 7.31. The van der Waals surface area contributed by atoms with Crippen LogP contribution in [0.4, 0.5) is 0 Å². The van der Waals surface area contributed by atoms with Crippen molar-refractivity contribution in [2.45, 2.75) is 49.9 Å². The fourth-order valence-corrected chi connectivity index (χ4v) is 4.64. The quantitative estimate of drug-likeness (QED) is 0.846. The molecule has 24 heavy (non-hydrogen) atoms. The topological polar surface area (TPSA) is 76.1 Å². The van der Waals surface area contributed by atoms with Gasteiger partial charge in [0.15, 0.2) is 0 Å². The monoisotopic (exact) mass is 353 g/mol. The Bertz CT molecular complexity index is 590. The molecule has 0 spiro atoms. The van der Waals surface area contributed by atoms with Crippen molar-refractivity contribution in [1.29, 1.82) is 0 Å². The smallest absolute Gasteiger partial charge is 0.329 e. The lowest BCUT2D eigenvalue weighted by Gasteiger charge is -2.43. The Morgan fingerprint density at radius 3 is 2.96 bits per heavy atom. The molecule has 0 radical (unpaired) electrons. The van der Waals surface area contributed by atoms with E-state index in [0.29, 0.717) is 19.4 Å². The Hall–Kier alpha value is -1.44. The number of carboxylic acid groups (broad SMARTS) is 1. The summed E-state index contributed by atoms with van der Waals surface area (Å²) in [5.41, 5.74) is 0.724. The minimum Gasteiger partial charge on any atom is -0.480 e. The molecule has 0 unspecified atom stereocenters. The number of hydrogen-bond acceptors (Lipinski definition) is 5.